The number of aromatic nitrogens is 3. The Morgan fingerprint density at radius 1 is 0.900 bits per heavy atom. The minimum atomic E-state index is 0.577. The fourth-order valence-corrected chi connectivity index (χ4v) is 2.01. The van der Waals surface area contributed by atoms with Crippen molar-refractivity contribution in [2.45, 2.75) is 0 Å². The van der Waals surface area contributed by atoms with E-state index in [2.05, 4.69) is 22.0 Å². The van der Waals surface area contributed by atoms with Crippen LogP contribution in [0.15, 0.2) is 60.9 Å². The highest BCUT2D eigenvalue weighted by Gasteiger charge is 1.97. The van der Waals surface area contributed by atoms with Gasteiger partial charge in [-0.1, -0.05) is 30.0 Å². The zero-order valence-corrected chi connectivity index (χ0v) is 11.4. The van der Waals surface area contributed by atoms with Crippen molar-refractivity contribution in [2.75, 3.05) is 0 Å². The molecule has 0 radical (unpaired) electrons. The summed E-state index contributed by atoms with van der Waals surface area (Å²) in [7, 11) is 0. The molecule has 0 spiro atoms. The molecule has 0 bridgehead atoms. The summed E-state index contributed by atoms with van der Waals surface area (Å²) in [6, 6.07) is 17.8. The predicted octanol–water partition coefficient (Wildman–Crippen LogP) is 3.33. The number of hydrogen-bond acceptors (Lipinski definition) is 2. The summed E-state index contributed by atoms with van der Waals surface area (Å²) in [5.41, 5.74) is 2.94. The average Bonchev–Trinajstić information content (AvgIpc) is 2.93. The van der Waals surface area contributed by atoms with E-state index in [1.54, 1.807) is 6.33 Å². The summed E-state index contributed by atoms with van der Waals surface area (Å²) in [5.74, 6) is 6.27. The summed E-state index contributed by atoms with van der Waals surface area (Å²) in [6.45, 7) is 0. The fraction of sp³-hybridized carbons (Fsp3) is 0. The third-order valence-electron chi connectivity index (χ3n) is 2.82. The number of benzene rings is 2. The molecule has 96 valence electrons. The van der Waals surface area contributed by atoms with Crippen LogP contribution in [0.4, 0.5) is 0 Å². The van der Waals surface area contributed by atoms with E-state index in [0.717, 1.165) is 16.8 Å². The standard InChI is InChI=1S/C16H11N3S/c20-16-18-17-12-19(16)15-10-8-14(9-11-15)7-6-13-4-2-1-3-5-13/h1-5,8-12H,(H,18,20). The first-order chi connectivity index (χ1) is 9.83. The van der Waals surface area contributed by atoms with Crippen LogP contribution in [0.1, 0.15) is 11.1 Å². The van der Waals surface area contributed by atoms with Crippen LogP contribution in [0.5, 0.6) is 0 Å². The molecule has 1 heterocycles. The zero-order valence-electron chi connectivity index (χ0n) is 10.6. The second kappa shape index (κ2) is 5.55. The van der Waals surface area contributed by atoms with Gasteiger partial charge in [-0.3, -0.25) is 9.67 Å². The lowest BCUT2D eigenvalue weighted by Crippen LogP contribution is -1.91. The van der Waals surface area contributed by atoms with Gasteiger partial charge in [0.25, 0.3) is 0 Å². The van der Waals surface area contributed by atoms with Crippen molar-refractivity contribution >= 4 is 12.2 Å². The van der Waals surface area contributed by atoms with Crippen LogP contribution in [0, 0.1) is 16.6 Å². The van der Waals surface area contributed by atoms with Gasteiger partial charge in [0.1, 0.15) is 6.33 Å². The number of rotatable bonds is 1. The van der Waals surface area contributed by atoms with E-state index in [4.69, 9.17) is 12.2 Å². The molecule has 20 heavy (non-hydrogen) atoms. The van der Waals surface area contributed by atoms with Crippen molar-refractivity contribution in [3.05, 3.63) is 76.8 Å². The van der Waals surface area contributed by atoms with Gasteiger partial charge in [0.15, 0.2) is 4.77 Å². The van der Waals surface area contributed by atoms with Crippen LogP contribution in [0.25, 0.3) is 5.69 Å². The second-order valence-corrected chi connectivity index (χ2v) is 4.58. The molecular formula is C16H11N3S. The predicted molar refractivity (Wildman–Crippen MR) is 81.2 cm³/mol. The molecule has 3 nitrogen and oxygen atoms in total. The molecule has 0 aliphatic heterocycles. The highest BCUT2D eigenvalue weighted by molar-refractivity contribution is 7.71. The summed E-state index contributed by atoms with van der Waals surface area (Å²) >= 11 is 5.13. The van der Waals surface area contributed by atoms with Gasteiger partial charge in [-0.05, 0) is 48.6 Å². The monoisotopic (exact) mass is 277 g/mol. The van der Waals surface area contributed by atoms with E-state index >= 15 is 0 Å². The van der Waals surface area contributed by atoms with Crippen LogP contribution < -0.4 is 0 Å². The van der Waals surface area contributed by atoms with E-state index in [1.165, 1.54) is 0 Å². The lowest BCUT2D eigenvalue weighted by Gasteiger charge is -2.00. The Kier molecular flexibility index (Phi) is 3.44. The number of H-pyrrole nitrogens is 1. The summed E-state index contributed by atoms with van der Waals surface area (Å²) in [6.07, 6.45) is 1.66. The summed E-state index contributed by atoms with van der Waals surface area (Å²) in [5, 5.41) is 6.63. The topological polar surface area (TPSA) is 33.6 Å². The normalized spacial score (nSPS) is 9.80. The van der Waals surface area contributed by atoms with Crippen molar-refractivity contribution in [3.63, 3.8) is 0 Å². The molecule has 3 aromatic rings. The minimum Gasteiger partial charge on any atom is -0.275 e. The van der Waals surface area contributed by atoms with Crippen LogP contribution >= 0.6 is 12.2 Å². The zero-order chi connectivity index (χ0) is 13.8. The van der Waals surface area contributed by atoms with Gasteiger partial charge < -0.3 is 0 Å². The average molecular weight is 277 g/mol. The first-order valence-electron chi connectivity index (χ1n) is 6.12. The highest BCUT2D eigenvalue weighted by Crippen LogP contribution is 2.09. The maximum absolute atomic E-state index is 5.13. The van der Waals surface area contributed by atoms with Gasteiger partial charge >= 0.3 is 0 Å². The molecule has 1 N–H and O–H groups in total. The number of aromatic amines is 1. The van der Waals surface area contributed by atoms with Gasteiger partial charge in [0.05, 0.1) is 0 Å². The molecule has 1 aromatic heterocycles. The Bertz CT molecular complexity index is 818. The van der Waals surface area contributed by atoms with E-state index in [-0.39, 0.29) is 0 Å². The second-order valence-electron chi connectivity index (χ2n) is 4.19. The molecule has 3 rings (SSSR count). The van der Waals surface area contributed by atoms with Gasteiger partial charge in [-0.2, -0.15) is 5.10 Å². The Labute approximate surface area is 121 Å². The van der Waals surface area contributed by atoms with Crippen LogP contribution in [0.2, 0.25) is 0 Å². The van der Waals surface area contributed by atoms with E-state index in [9.17, 15) is 0 Å². The Balaban J connectivity index is 1.86. The van der Waals surface area contributed by atoms with Crippen molar-refractivity contribution in [1.29, 1.82) is 0 Å². The largest absolute Gasteiger partial charge is 0.275 e. The summed E-state index contributed by atoms with van der Waals surface area (Å²) < 4.78 is 2.39. The first-order valence-corrected chi connectivity index (χ1v) is 6.53. The van der Waals surface area contributed by atoms with Gasteiger partial charge in [0, 0.05) is 16.8 Å². The Morgan fingerprint density at radius 3 is 2.15 bits per heavy atom. The Hall–Kier alpha value is -2.64. The molecule has 0 aliphatic rings. The van der Waals surface area contributed by atoms with Crippen molar-refractivity contribution in [2.24, 2.45) is 0 Å². The molecule has 0 unspecified atom stereocenters. The molecule has 0 fully saturated rings. The maximum atomic E-state index is 5.13. The summed E-state index contributed by atoms with van der Waals surface area (Å²) in [4.78, 5) is 0. The van der Waals surface area contributed by atoms with Gasteiger partial charge in [-0.15, -0.1) is 0 Å². The highest BCUT2D eigenvalue weighted by atomic mass is 32.1. The molecule has 4 heteroatoms. The third kappa shape index (κ3) is 2.68. The quantitative estimate of drug-likeness (QED) is 0.547. The molecule has 0 saturated carbocycles. The van der Waals surface area contributed by atoms with Crippen molar-refractivity contribution in [3.8, 4) is 17.5 Å². The lowest BCUT2D eigenvalue weighted by atomic mass is 10.2. The third-order valence-corrected chi connectivity index (χ3v) is 3.11. The van der Waals surface area contributed by atoms with Crippen LogP contribution in [-0.2, 0) is 0 Å². The van der Waals surface area contributed by atoms with Crippen molar-refractivity contribution in [1.82, 2.24) is 14.8 Å². The minimum absolute atomic E-state index is 0.577. The van der Waals surface area contributed by atoms with Gasteiger partial charge in [-0.25, -0.2) is 0 Å². The molecule has 0 amide bonds. The van der Waals surface area contributed by atoms with Crippen LogP contribution in [-0.4, -0.2) is 14.8 Å². The van der Waals surface area contributed by atoms with Gasteiger partial charge in [0.2, 0.25) is 0 Å². The molecular weight excluding hydrogens is 266 g/mol. The first kappa shape index (κ1) is 12.4. The maximum Gasteiger partial charge on any atom is 0.199 e. The molecule has 0 saturated heterocycles. The molecule has 0 atom stereocenters. The van der Waals surface area contributed by atoms with E-state index in [1.807, 2.05) is 59.2 Å². The number of nitrogens with one attached hydrogen (secondary N) is 1. The van der Waals surface area contributed by atoms with E-state index in [0.29, 0.717) is 4.77 Å². The number of nitrogens with zero attached hydrogens (tertiary/aromatic N) is 2. The van der Waals surface area contributed by atoms with Crippen LogP contribution in [0.3, 0.4) is 0 Å². The Morgan fingerprint density at radius 2 is 1.55 bits per heavy atom. The molecule has 2 aromatic carbocycles. The smallest absolute Gasteiger partial charge is 0.199 e. The number of hydrogen-bond donors (Lipinski definition) is 1. The SMILES string of the molecule is S=c1[nH]ncn1-c1ccc(C#Cc2ccccc2)cc1. The van der Waals surface area contributed by atoms with Crippen molar-refractivity contribution < 1.29 is 0 Å². The van der Waals surface area contributed by atoms with E-state index < -0.39 is 0 Å². The molecule has 0 aliphatic carbocycles. The fourth-order valence-electron chi connectivity index (χ4n) is 1.80. The lowest BCUT2D eigenvalue weighted by molar-refractivity contribution is 1.03.